The van der Waals surface area contributed by atoms with E-state index in [1.807, 2.05) is 0 Å². The highest BCUT2D eigenvalue weighted by atomic mass is 35.5. The molecule has 1 aliphatic rings. The van der Waals surface area contributed by atoms with Gasteiger partial charge in [0, 0.05) is 16.5 Å². The second kappa shape index (κ2) is 8.49. The van der Waals surface area contributed by atoms with E-state index in [4.69, 9.17) is 23.2 Å². The summed E-state index contributed by atoms with van der Waals surface area (Å²) in [5, 5.41) is 0.637. The van der Waals surface area contributed by atoms with Crippen LogP contribution in [0.15, 0.2) is 18.2 Å². The zero-order valence-electron chi connectivity index (χ0n) is 13.6. The first-order chi connectivity index (χ1) is 11.4. The van der Waals surface area contributed by atoms with Gasteiger partial charge in [-0.05, 0) is 24.6 Å². The van der Waals surface area contributed by atoms with Gasteiger partial charge in [0.2, 0.25) is 5.91 Å². The number of carbonyl (C=O) groups excluding carboxylic acids is 3. The number of urea groups is 1. The number of imide groups is 2. The quantitative estimate of drug-likeness (QED) is 0.518. The molecule has 1 saturated heterocycles. The zero-order chi connectivity index (χ0) is 17.7. The lowest BCUT2D eigenvalue weighted by Gasteiger charge is -2.16. The first-order valence-corrected chi connectivity index (χ1v) is 8.83. The van der Waals surface area contributed by atoms with Gasteiger partial charge < -0.3 is 0 Å². The summed E-state index contributed by atoms with van der Waals surface area (Å²) in [6.07, 6.45) is 5.28. The molecule has 130 valence electrons. The third-order valence-corrected chi connectivity index (χ3v) is 4.30. The van der Waals surface area contributed by atoms with E-state index in [9.17, 15) is 14.4 Å². The number of amides is 4. The summed E-state index contributed by atoms with van der Waals surface area (Å²) < 4.78 is 0. The first-order valence-electron chi connectivity index (χ1n) is 8.07. The summed E-state index contributed by atoms with van der Waals surface area (Å²) in [5.41, 5.74) is 0.278. The van der Waals surface area contributed by atoms with Crippen LogP contribution >= 0.6 is 23.2 Å². The van der Waals surface area contributed by atoms with Gasteiger partial charge in [-0.25, -0.2) is 9.69 Å². The number of unbranched alkanes of at least 4 members (excludes halogenated alkanes) is 4. The summed E-state index contributed by atoms with van der Waals surface area (Å²) in [7, 11) is 0. The third kappa shape index (κ3) is 4.48. The summed E-state index contributed by atoms with van der Waals surface area (Å²) >= 11 is 11.8. The summed E-state index contributed by atoms with van der Waals surface area (Å²) in [6.45, 7) is 1.88. The second-order valence-corrected chi connectivity index (χ2v) is 6.66. The Balaban J connectivity index is 2.01. The molecule has 5 nitrogen and oxygen atoms in total. The predicted molar refractivity (Wildman–Crippen MR) is 94.4 cm³/mol. The lowest BCUT2D eigenvalue weighted by molar-refractivity contribution is -0.130. The van der Waals surface area contributed by atoms with E-state index in [2.05, 4.69) is 6.92 Å². The minimum Gasteiger partial charge on any atom is -0.274 e. The van der Waals surface area contributed by atoms with Crippen molar-refractivity contribution in [2.45, 2.75) is 45.4 Å². The minimum atomic E-state index is -0.642. The van der Waals surface area contributed by atoms with Gasteiger partial charge in [0.25, 0.3) is 5.91 Å². The maximum atomic E-state index is 12.4. The fourth-order valence-electron chi connectivity index (χ4n) is 2.63. The van der Waals surface area contributed by atoms with Gasteiger partial charge >= 0.3 is 6.03 Å². The highest BCUT2D eigenvalue weighted by Gasteiger charge is 2.40. The maximum Gasteiger partial charge on any atom is 0.338 e. The van der Waals surface area contributed by atoms with E-state index in [0.717, 1.165) is 41.9 Å². The summed E-state index contributed by atoms with van der Waals surface area (Å²) in [6, 6.07) is 3.82. The van der Waals surface area contributed by atoms with Crippen molar-refractivity contribution in [3.8, 4) is 0 Å². The van der Waals surface area contributed by atoms with E-state index in [0.29, 0.717) is 10.0 Å². The number of halogens is 2. The van der Waals surface area contributed by atoms with E-state index < -0.39 is 11.9 Å². The number of hydrogen-bond donors (Lipinski definition) is 0. The first kappa shape index (κ1) is 18.7. The van der Waals surface area contributed by atoms with Crippen LogP contribution in [0.4, 0.5) is 10.5 Å². The third-order valence-electron chi connectivity index (χ3n) is 3.87. The molecule has 0 atom stereocenters. The van der Waals surface area contributed by atoms with Crippen molar-refractivity contribution in [3.05, 3.63) is 28.2 Å². The van der Waals surface area contributed by atoms with E-state index in [1.54, 1.807) is 0 Å². The lowest BCUT2D eigenvalue weighted by atomic mass is 10.1. The van der Waals surface area contributed by atoms with Gasteiger partial charge in [0.1, 0.15) is 6.54 Å². The molecule has 0 aliphatic carbocycles. The topological polar surface area (TPSA) is 57.7 Å². The number of carbonyl (C=O) groups is 3. The Hall–Kier alpha value is -1.59. The molecule has 0 spiro atoms. The molecule has 2 rings (SSSR count). The van der Waals surface area contributed by atoms with Gasteiger partial charge in [-0.15, -0.1) is 0 Å². The van der Waals surface area contributed by atoms with E-state index in [1.165, 1.54) is 18.2 Å². The molecule has 1 fully saturated rings. The van der Waals surface area contributed by atoms with Crippen LogP contribution in [0.25, 0.3) is 0 Å². The average Bonchev–Trinajstić information content (AvgIpc) is 2.81. The van der Waals surface area contributed by atoms with Crippen LogP contribution in [0.3, 0.4) is 0 Å². The number of nitrogens with zero attached hydrogens (tertiary/aromatic N) is 2. The fraction of sp³-hybridized carbons (Fsp3) is 0.471. The molecular weight excluding hydrogens is 351 g/mol. The van der Waals surface area contributed by atoms with Crippen molar-refractivity contribution in [2.75, 3.05) is 11.4 Å². The molecule has 1 aliphatic heterocycles. The van der Waals surface area contributed by atoms with Gasteiger partial charge in [0.15, 0.2) is 0 Å². The highest BCUT2D eigenvalue weighted by Crippen LogP contribution is 2.28. The number of anilines is 1. The smallest absolute Gasteiger partial charge is 0.274 e. The van der Waals surface area contributed by atoms with Gasteiger partial charge in [-0.1, -0.05) is 55.8 Å². The molecule has 1 heterocycles. The van der Waals surface area contributed by atoms with Crippen molar-refractivity contribution >= 4 is 46.7 Å². The number of hydrogen-bond acceptors (Lipinski definition) is 3. The van der Waals surface area contributed by atoms with E-state index >= 15 is 0 Å². The molecule has 0 N–H and O–H groups in total. The van der Waals surface area contributed by atoms with Crippen molar-refractivity contribution in [1.82, 2.24) is 4.90 Å². The van der Waals surface area contributed by atoms with Crippen LogP contribution in [0.2, 0.25) is 10.0 Å². The molecule has 24 heavy (non-hydrogen) atoms. The summed E-state index contributed by atoms with van der Waals surface area (Å²) in [5.74, 6) is -0.780. The molecule has 0 aromatic heterocycles. The zero-order valence-corrected chi connectivity index (χ0v) is 15.1. The number of benzene rings is 1. The van der Waals surface area contributed by atoms with Crippen LogP contribution in [0.1, 0.15) is 45.4 Å². The maximum absolute atomic E-state index is 12.4. The minimum absolute atomic E-state index is 0.239. The highest BCUT2D eigenvalue weighted by molar-refractivity contribution is 6.35. The molecule has 0 bridgehead atoms. The second-order valence-electron chi connectivity index (χ2n) is 5.78. The molecular formula is C17H20Cl2N2O3. The standard InChI is InChI=1S/C17H20Cl2N2O3/c1-2-3-4-5-6-7-15(22)20-11-16(23)21(17(20)24)14-9-12(18)8-13(19)10-14/h8-10H,2-7,11H2,1H3. The van der Waals surface area contributed by atoms with Crippen LogP contribution in [0, 0.1) is 0 Å². The Bertz CT molecular complexity index is 628. The SMILES string of the molecule is CCCCCCCC(=O)N1CC(=O)N(c2cc(Cl)cc(Cl)c2)C1=O. The van der Waals surface area contributed by atoms with Crippen LogP contribution in [-0.4, -0.2) is 29.3 Å². The Labute approximate surface area is 151 Å². The molecule has 0 saturated carbocycles. The lowest BCUT2D eigenvalue weighted by Crippen LogP contribution is -2.36. The van der Waals surface area contributed by atoms with Crippen molar-refractivity contribution in [1.29, 1.82) is 0 Å². The molecule has 0 radical (unpaired) electrons. The predicted octanol–water partition coefficient (Wildman–Crippen LogP) is 4.65. The van der Waals surface area contributed by atoms with Crippen molar-refractivity contribution < 1.29 is 14.4 Å². The fourth-order valence-corrected chi connectivity index (χ4v) is 3.15. The van der Waals surface area contributed by atoms with Gasteiger partial charge in [-0.2, -0.15) is 0 Å². The molecule has 1 aromatic rings. The molecule has 7 heteroatoms. The van der Waals surface area contributed by atoms with E-state index in [-0.39, 0.29) is 24.6 Å². The monoisotopic (exact) mass is 370 g/mol. The summed E-state index contributed by atoms with van der Waals surface area (Å²) in [4.78, 5) is 38.8. The molecule has 1 aromatic carbocycles. The van der Waals surface area contributed by atoms with Crippen LogP contribution < -0.4 is 4.90 Å². The van der Waals surface area contributed by atoms with Gasteiger partial charge in [0.05, 0.1) is 5.69 Å². The van der Waals surface area contributed by atoms with Crippen LogP contribution in [0.5, 0.6) is 0 Å². The Morgan fingerprint density at radius 1 is 1.04 bits per heavy atom. The molecule has 0 unspecified atom stereocenters. The van der Waals surface area contributed by atoms with Gasteiger partial charge in [-0.3, -0.25) is 14.5 Å². The average molecular weight is 371 g/mol. The van der Waals surface area contributed by atoms with Crippen molar-refractivity contribution in [3.63, 3.8) is 0 Å². The molecule has 4 amide bonds. The Morgan fingerprint density at radius 2 is 1.67 bits per heavy atom. The Morgan fingerprint density at radius 3 is 2.29 bits per heavy atom. The van der Waals surface area contributed by atoms with Crippen molar-refractivity contribution in [2.24, 2.45) is 0 Å². The Kier molecular flexibility index (Phi) is 6.63. The number of rotatable bonds is 7. The normalized spacial score (nSPS) is 14.6. The largest absolute Gasteiger partial charge is 0.338 e. The van der Waals surface area contributed by atoms with Crippen LogP contribution in [-0.2, 0) is 9.59 Å².